The van der Waals surface area contributed by atoms with Crippen molar-refractivity contribution < 1.29 is 14.6 Å². The minimum Gasteiger partial charge on any atom is -0.497 e. The standard InChI is InChI=1S/C19H30N2O3/c1-19(2,15-7-6-9-17(13-15)24-3)14-20-18(23)21-11-5-4-8-16(21)10-12-22/h6-7,9,13,16,22H,4-5,8,10-12,14H2,1-3H3,(H,20,23). The fourth-order valence-corrected chi connectivity index (χ4v) is 3.26. The Morgan fingerprint density at radius 1 is 1.42 bits per heavy atom. The summed E-state index contributed by atoms with van der Waals surface area (Å²) in [6, 6.07) is 8.10. The first-order valence-corrected chi connectivity index (χ1v) is 8.78. The summed E-state index contributed by atoms with van der Waals surface area (Å²) < 4.78 is 5.29. The summed E-state index contributed by atoms with van der Waals surface area (Å²) >= 11 is 0. The Morgan fingerprint density at radius 3 is 2.92 bits per heavy atom. The Hall–Kier alpha value is -1.75. The highest BCUT2D eigenvalue weighted by Gasteiger charge is 2.28. The zero-order valence-electron chi connectivity index (χ0n) is 15.0. The normalized spacial score (nSPS) is 18.3. The highest BCUT2D eigenvalue weighted by Crippen LogP contribution is 2.26. The van der Waals surface area contributed by atoms with Crippen molar-refractivity contribution in [2.45, 2.75) is 51.0 Å². The number of hydrogen-bond donors (Lipinski definition) is 2. The van der Waals surface area contributed by atoms with Crippen molar-refractivity contribution in [3.05, 3.63) is 29.8 Å². The van der Waals surface area contributed by atoms with Crippen LogP contribution < -0.4 is 10.1 Å². The Balaban J connectivity index is 1.98. The van der Waals surface area contributed by atoms with E-state index in [4.69, 9.17) is 4.74 Å². The largest absolute Gasteiger partial charge is 0.497 e. The van der Waals surface area contributed by atoms with E-state index in [1.807, 2.05) is 23.1 Å². The van der Waals surface area contributed by atoms with E-state index < -0.39 is 0 Å². The van der Waals surface area contributed by atoms with Gasteiger partial charge in [-0.2, -0.15) is 0 Å². The van der Waals surface area contributed by atoms with Gasteiger partial charge in [0.2, 0.25) is 0 Å². The number of carbonyl (C=O) groups is 1. The molecule has 0 aliphatic carbocycles. The third kappa shape index (κ3) is 4.63. The number of amides is 2. The quantitative estimate of drug-likeness (QED) is 0.841. The second-order valence-electron chi connectivity index (χ2n) is 7.13. The number of rotatable bonds is 6. The van der Waals surface area contributed by atoms with Gasteiger partial charge in [0, 0.05) is 31.2 Å². The first-order chi connectivity index (χ1) is 11.5. The highest BCUT2D eigenvalue weighted by atomic mass is 16.5. The van der Waals surface area contributed by atoms with Crippen LogP contribution in [-0.2, 0) is 5.41 Å². The van der Waals surface area contributed by atoms with Crippen molar-refractivity contribution in [2.24, 2.45) is 0 Å². The Morgan fingerprint density at radius 2 is 2.21 bits per heavy atom. The summed E-state index contributed by atoms with van der Waals surface area (Å²) in [6.07, 6.45) is 3.80. The zero-order chi connectivity index (χ0) is 17.6. The lowest BCUT2D eigenvalue weighted by atomic mass is 9.84. The van der Waals surface area contributed by atoms with Crippen molar-refractivity contribution in [3.8, 4) is 5.75 Å². The van der Waals surface area contributed by atoms with Crippen molar-refractivity contribution in [1.29, 1.82) is 0 Å². The molecule has 0 radical (unpaired) electrons. The summed E-state index contributed by atoms with van der Waals surface area (Å²) in [4.78, 5) is 14.5. The van der Waals surface area contributed by atoms with Crippen LogP contribution in [-0.4, -0.2) is 48.9 Å². The number of nitrogens with one attached hydrogen (secondary N) is 1. The van der Waals surface area contributed by atoms with Gasteiger partial charge in [0.15, 0.2) is 0 Å². The topological polar surface area (TPSA) is 61.8 Å². The highest BCUT2D eigenvalue weighted by molar-refractivity contribution is 5.74. The van der Waals surface area contributed by atoms with Crippen molar-refractivity contribution >= 4 is 6.03 Å². The van der Waals surface area contributed by atoms with Gasteiger partial charge in [0.25, 0.3) is 0 Å². The number of aliphatic hydroxyl groups is 1. The molecule has 5 nitrogen and oxygen atoms in total. The molecule has 0 aromatic heterocycles. The van der Waals surface area contributed by atoms with Crippen LogP contribution in [0.1, 0.15) is 45.1 Å². The zero-order valence-corrected chi connectivity index (χ0v) is 15.0. The smallest absolute Gasteiger partial charge is 0.317 e. The van der Waals surface area contributed by atoms with Crippen LogP contribution in [0.4, 0.5) is 4.79 Å². The van der Waals surface area contributed by atoms with Gasteiger partial charge in [-0.05, 0) is 43.4 Å². The second kappa shape index (κ2) is 8.38. The van der Waals surface area contributed by atoms with E-state index in [1.165, 1.54) is 0 Å². The van der Waals surface area contributed by atoms with Gasteiger partial charge < -0.3 is 20.1 Å². The molecule has 2 amide bonds. The lowest BCUT2D eigenvalue weighted by Crippen LogP contribution is -2.51. The van der Waals surface area contributed by atoms with E-state index in [2.05, 4.69) is 25.2 Å². The summed E-state index contributed by atoms with van der Waals surface area (Å²) in [5.41, 5.74) is 0.944. The molecular weight excluding hydrogens is 304 g/mol. The van der Waals surface area contributed by atoms with Gasteiger partial charge in [-0.3, -0.25) is 0 Å². The number of nitrogens with zero attached hydrogens (tertiary/aromatic N) is 1. The van der Waals surface area contributed by atoms with Crippen molar-refractivity contribution in [3.63, 3.8) is 0 Å². The molecule has 0 spiro atoms. The van der Waals surface area contributed by atoms with E-state index in [-0.39, 0.29) is 24.1 Å². The molecule has 1 aromatic rings. The van der Waals surface area contributed by atoms with Crippen LogP contribution >= 0.6 is 0 Å². The number of carbonyl (C=O) groups excluding carboxylic acids is 1. The van der Waals surface area contributed by atoms with E-state index in [1.54, 1.807) is 7.11 Å². The Kier molecular flexibility index (Phi) is 6.49. The predicted octanol–water partition coefficient (Wildman–Crippen LogP) is 2.92. The maximum absolute atomic E-state index is 12.6. The maximum atomic E-state index is 12.6. The third-order valence-corrected chi connectivity index (χ3v) is 4.88. The Bertz CT molecular complexity index is 543. The Labute approximate surface area is 145 Å². The number of methoxy groups -OCH3 is 1. The molecule has 134 valence electrons. The molecule has 0 bridgehead atoms. The van der Waals surface area contributed by atoms with E-state index in [9.17, 15) is 9.90 Å². The fourth-order valence-electron chi connectivity index (χ4n) is 3.26. The van der Waals surface area contributed by atoms with Crippen molar-refractivity contribution in [1.82, 2.24) is 10.2 Å². The molecule has 1 aromatic carbocycles. The summed E-state index contributed by atoms with van der Waals surface area (Å²) in [5, 5.41) is 12.3. The summed E-state index contributed by atoms with van der Waals surface area (Å²) in [5.74, 6) is 0.825. The molecule has 1 saturated heterocycles. The molecule has 2 N–H and O–H groups in total. The number of ether oxygens (including phenoxy) is 1. The van der Waals surface area contributed by atoms with E-state index in [0.717, 1.165) is 37.1 Å². The fraction of sp³-hybridized carbons (Fsp3) is 0.632. The van der Waals surface area contributed by atoms with Gasteiger partial charge in [0.05, 0.1) is 7.11 Å². The molecule has 1 aliphatic rings. The molecule has 1 fully saturated rings. The molecule has 24 heavy (non-hydrogen) atoms. The van der Waals surface area contributed by atoms with Crippen molar-refractivity contribution in [2.75, 3.05) is 26.8 Å². The first kappa shape index (κ1) is 18.6. The third-order valence-electron chi connectivity index (χ3n) is 4.88. The maximum Gasteiger partial charge on any atom is 0.317 e. The average Bonchev–Trinajstić information content (AvgIpc) is 2.60. The van der Waals surface area contributed by atoms with Gasteiger partial charge in [-0.25, -0.2) is 4.79 Å². The van der Waals surface area contributed by atoms with Crippen LogP contribution in [0.2, 0.25) is 0 Å². The van der Waals surface area contributed by atoms with Gasteiger partial charge >= 0.3 is 6.03 Å². The molecular formula is C19H30N2O3. The molecule has 1 aliphatic heterocycles. The summed E-state index contributed by atoms with van der Waals surface area (Å²) in [6.45, 7) is 5.69. The minimum absolute atomic E-state index is 0.0240. The first-order valence-electron chi connectivity index (χ1n) is 8.78. The van der Waals surface area contributed by atoms with Gasteiger partial charge in [-0.1, -0.05) is 26.0 Å². The lowest BCUT2D eigenvalue weighted by Gasteiger charge is -2.36. The molecule has 1 atom stereocenters. The number of benzene rings is 1. The molecule has 5 heteroatoms. The van der Waals surface area contributed by atoms with E-state index in [0.29, 0.717) is 13.0 Å². The molecule has 1 unspecified atom stereocenters. The number of aliphatic hydroxyl groups excluding tert-OH is 1. The van der Waals surface area contributed by atoms with Crippen LogP contribution in [0.5, 0.6) is 5.75 Å². The van der Waals surface area contributed by atoms with Gasteiger partial charge in [0.1, 0.15) is 5.75 Å². The molecule has 0 saturated carbocycles. The van der Waals surface area contributed by atoms with E-state index >= 15 is 0 Å². The SMILES string of the molecule is COc1cccc(C(C)(C)CNC(=O)N2CCCCC2CCO)c1. The number of piperidine rings is 1. The number of urea groups is 1. The molecule has 1 heterocycles. The second-order valence-corrected chi connectivity index (χ2v) is 7.13. The average molecular weight is 334 g/mol. The lowest BCUT2D eigenvalue weighted by molar-refractivity contribution is 0.130. The minimum atomic E-state index is -0.188. The summed E-state index contributed by atoms with van der Waals surface area (Å²) in [7, 11) is 1.66. The van der Waals surface area contributed by atoms with Crippen LogP contribution in [0.15, 0.2) is 24.3 Å². The van der Waals surface area contributed by atoms with Gasteiger partial charge in [-0.15, -0.1) is 0 Å². The monoisotopic (exact) mass is 334 g/mol. The van der Waals surface area contributed by atoms with Crippen LogP contribution in [0.25, 0.3) is 0 Å². The predicted molar refractivity (Wildman–Crippen MR) is 95.5 cm³/mol. The van der Waals surface area contributed by atoms with Crippen LogP contribution in [0.3, 0.4) is 0 Å². The molecule has 2 rings (SSSR count). The number of hydrogen-bond acceptors (Lipinski definition) is 3. The van der Waals surface area contributed by atoms with Crippen LogP contribution in [0, 0.1) is 0 Å². The number of likely N-dealkylation sites (tertiary alicyclic amines) is 1.